The topological polar surface area (TPSA) is 60.2 Å². The van der Waals surface area contributed by atoms with Gasteiger partial charge in [0, 0.05) is 0 Å². The highest BCUT2D eigenvalue weighted by Gasteiger charge is 2.12. The molecule has 0 N–H and O–H groups in total. The van der Waals surface area contributed by atoms with Crippen molar-refractivity contribution in [2.45, 2.75) is 19.8 Å². The zero-order valence-electron chi connectivity index (χ0n) is 11.2. The van der Waals surface area contributed by atoms with E-state index in [-0.39, 0.29) is 5.97 Å². The van der Waals surface area contributed by atoms with E-state index in [9.17, 15) is 4.79 Å². The van der Waals surface area contributed by atoms with Crippen molar-refractivity contribution in [2.24, 2.45) is 0 Å². The lowest BCUT2D eigenvalue weighted by Crippen LogP contribution is -2.14. The third kappa shape index (κ3) is 4.67. The molecule has 0 atom stereocenters. The van der Waals surface area contributed by atoms with Crippen molar-refractivity contribution in [3.05, 3.63) is 18.5 Å². The molecule has 6 nitrogen and oxygen atoms in total. The molecular formula is C12H20N4O2. The molecule has 18 heavy (non-hydrogen) atoms. The van der Waals surface area contributed by atoms with E-state index in [1.54, 1.807) is 13.1 Å². The van der Waals surface area contributed by atoms with Crippen molar-refractivity contribution in [3.63, 3.8) is 0 Å². The van der Waals surface area contributed by atoms with Crippen LogP contribution in [-0.4, -0.2) is 53.1 Å². The Morgan fingerprint density at radius 2 is 2.28 bits per heavy atom. The molecule has 1 aromatic rings. The largest absolute Gasteiger partial charge is 0.461 e. The van der Waals surface area contributed by atoms with Crippen molar-refractivity contribution in [1.82, 2.24) is 19.9 Å². The molecular weight excluding hydrogens is 232 g/mol. The first-order valence-electron chi connectivity index (χ1n) is 6.03. The number of nitrogens with zero attached hydrogens (tertiary/aromatic N) is 4. The number of unbranched alkanes of at least 4 members (excludes halogenated alkanes) is 1. The standard InChI is InChI=1S/C12H20N4O2/c1-4-18-12(17)11(16-10-8-13-14-16)7-5-6-9-15(2)3/h7-8,10H,4-6,9H2,1-3H3/b11-7+. The van der Waals surface area contributed by atoms with E-state index in [2.05, 4.69) is 15.2 Å². The Hall–Kier alpha value is -1.69. The van der Waals surface area contributed by atoms with Crippen LogP contribution in [0.25, 0.3) is 5.70 Å². The van der Waals surface area contributed by atoms with E-state index < -0.39 is 0 Å². The first-order chi connectivity index (χ1) is 8.65. The van der Waals surface area contributed by atoms with E-state index in [4.69, 9.17) is 4.74 Å². The van der Waals surface area contributed by atoms with Crippen LogP contribution >= 0.6 is 0 Å². The van der Waals surface area contributed by atoms with Crippen LogP contribution in [0, 0.1) is 0 Å². The predicted octanol–water partition coefficient (Wildman–Crippen LogP) is 1.02. The van der Waals surface area contributed by atoms with Crippen LogP contribution in [0.4, 0.5) is 0 Å². The number of hydrogen-bond acceptors (Lipinski definition) is 5. The molecule has 0 fully saturated rings. The summed E-state index contributed by atoms with van der Waals surface area (Å²) in [6, 6.07) is 0. The molecule has 1 heterocycles. The third-order valence-electron chi connectivity index (χ3n) is 2.30. The Morgan fingerprint density at radius 1 is 1.50 bits per heavy atom. The quantitative estimate of drug-likeness (QED) is 0.412. The molecule has 1 rings (SSSR count). The Balaban J connectivity index is 2.66. The monoisotopic (exact) mass is 252 g/mol. The molecule has 0 aliphatic heterocycles. The molecule has 0 saturated carbocycles. The van der Waals surface area contributed by atoms with Gasteiger partial charge in [-0.15, -0.1) is 5.10 Å². The molecule has 0 aliphatic carbocycles. The average molecular weight is 252 g/mol. The van der Waals surface area contributed by atoms with Gasteiger partial charge in [0.1, 0.15) is 5.70 Å². The van der Waals surface area contributed by atoms with Crippen LogP contribution < -0.4 is 0 Å². The fourth-order valence-electron chi connectivity index (χ4n) is 1.46. The second kappa shape index (κ2) is 7.60. The third-order valence-corrected chi connectivity index (χ3v) is 2.30. The molecule has 0 amide bonds. The Bertz CT molecular complexity index is 385. The maximum absolute atomic E-state index is 11.8. The van der Waals surface area contributed by atoms with Crippen LogP contribution in [0.2, 0.25) is 0 Å². The van der Waals surface area contributed by atoms with E-state index in [1.807, 2.05) is 20.2 Å². The van der Waals surface area contributed by atoms with Gasteiger partial charge in [0.05, 0.1) is 19.0 Å². The molecule has 6 heteroatoms. The summed E-state index contributed by atoms with van der Waals surface area (Å²) < 4.78 is 6.44. The molecule has 0 bridgehead atoms. The SMILES string of the molecule is CCOC(=O)/C(=C\CCCN(C)C)n1ccnn1. The molecule has 0 unspecified atom stereocenters. The summed E-state index contributed by atoms with van der Waals surface area (Å²) in [5.41, 5.74) is 0.424. The fourth-order valence-corrected chi connectivity index (χ4v) is 1.46. The maximum atomic E-state index is 11.8. The lowest BCUT2D eigenvalue weighted by atomic mass is 10.2. The number of allylic oxidation sites excluding steroid dienone is 1. The normalized spacial score (nSPS) is 11.9. The highest BCUT2D eigenvalue weighted by Crippen LogP contribution is 2.07. The Labute approximate surface area is 107 Å². The summed E-state index contributed by atoms with van der Waals surface area (Å²) in [4.78, 5) is 13.9. The first kappa shape index (κ1) is 14.4. The number of carbonyl (C=O) groups is 1. The minimum Gasteiger partial charge on any atom is -0.461 e. The highest BCUT2D eigenvalue weighted by molar-refractivity contribution is 6.09. The van der Waals surface area contributed by atoms with E-state index in [1.165, 1.54) is 10.9 Å². The van der Waals surface area contributed by atoms with Crippen LogP contribution in [0.5, 0.6) is 0 Å². The maximum Gasteiger partial charge on any atom is 0.356 e. The highest BCUT2D eigenvalue weighted by atomic mass is 16.5. The van der Waals surface area contributed by atoms with E-state index in [0.717, 1.165) is 19.4 Å². The van der Waals surface area contributed by atoms with Gasteiger partial charge in [-0.25, -0.2) is 9.48 Å². The number of rotatable bonds is 7. The fraction of sp³-hybridized carbons (Fsp3) is 0.583. The van der Waals surface area contributed by atoms with Gasteiger partial charge < -0.3 is 9.64 Å². The molecule has 0 aliphatic rings. The van der Waals surface area contributed by atoms with Crippen molar-refractivity contribution in [3.8, 4) is 0 Å². The van der Waals surface area contributed by atoms with Crippen LogP contribution in [-0.2, 0) is 9.53 Å². The summed E-state index contributed by atoms with van der Waals surface area (Å²) in [7, 11) is 4.04. The zero-order valence-corrected chi connectivity index (χ0v) is 11.2. The van der Waals surface area contributed by atoms with Crippen molar-refractivity contribution >= 4 is 11.7 Å². The van der Waals surface area contributed by atoms with Crippen molar-refractivity contribution in [2.75, 3.05) is 27.2 Å². The van der Waals surface area contributed by atoms with Gasteiger partial charge in [0.25, 0.3) is 0 Å². The number of carbonyl (C=O) groups excluding carboxylic acids is 1. The van der Waals surface area contributed by atoms with Gasteiger partial charge in [-0.2, -0.15) is 0 Å². The molecule has 0 radical (unpaired) electrons. The summed E-state index contributed by atoms with van der Waals surface area (Å²) >= 11 is 0. The van der Waals surface area contributed by atoms with E-state index >= 15 is 0 Å². The number of ether oxygens (including phenoxy) is 1. The minimum atomic E-state index is -0.368. The van der Waals surface area contributed by atoms with Gasteiger partial charge in [-0.05, 0) is 40.4 Å². The van der Waals surface area contributed by atoms with Crippen LogP contribution in [0.15, 0.2) is 18.5 Å². The number of esters is 1. The van der Waals surface area contributed by atoms with Crippen LogP contribution in [0.3, 0.4) is 0 Å². The number of aromatic nitrogens is 3. The van der Waals surface area contributed by atoms with Gasteiger partial charge in [0.15, 0.2) is 0 Å². The van der Waals surface area contributed by atoms with E-state index in [0.29, 0.717) is 12.3 Å². The second-order valence-electron chi connectivity index (χ2n) is 4.10. The molecule has 0 aromatic carbocycles. The van der Waals surface area contributed by atoms with Crippen molar-refractivity contribution < 1.29 is 9.53 Å². The van der Waals surface area contributed by atoms with Crippen LogP contribution in [0.1, 0.15) is 19.8 Å². The number of hydrogen-bond donors (Lipinski definition) is 0. The summed E-state index contributed by atoms with van der Waals surface area (Å²) in [6.45, 7) is 3.11. The second-order valence-corrected chi connectivity index (χ2v) is 4.10. The van der Waals surface area contributed by atoms with Gasteiger partial charge in [0.2, 0.25) is 0 Å². The first-order valence-corrected chi connectivity index (χ1v) is 6.03. The Morgan fingerprint density at radius 3 is 2.83 bits per heavy atom. The lowest BCUT2D eigenvalue weighted by molar-refractivity contribution is -0.136. The van der Waals surface area contributed by atoms with Crippen molar-refractivity contribution in [1.29, 1.82) is 0 Å². The molecule has 1 aromatic heterocycles. The zero-order chi connectivity index (χ0) is 13.4. The predicted molar refractivity (Wildman–Crippen MR) is 68.7 cm³/mol. The molecule has 0 spiro atoms. The average Bonchev–Trinajstić information content (AvgIpc) is 2.82. The summed E-state index contributed by atoms with van der Waals surface area (Å²) in [5.74, 6) is -0.368. The van der Waals surface area contributed by atoms with Gasteiger partial charge in [-0.3, -0.25) is 0 Å². The lowest BCUT2D eigenvalue weighted by Gasteiger charge is -2.09. The smallest absolute Gasteiger partial charge is 0.356 e. The molecule has 0 saturated heterocycles. The Kier molecular flexibility index (Phi) is 6.07. The van der Waals surface area contributed by atoms with Gasteiger partial charge in [-0.1, -0.05) is 11.3 Å². The molecule has 100 valence electrons. The van der Waals surface area contributed by atoms with Gasteiger partial charge >= 0.3 is 5.97 Å². The summed E-state index contributed by atoms with van der Waals surface area (Å²) in [5, 5.41) is 7.52. The summed E-state index contributed by atoms with van der Waals surface area (Å²) in [6.07, 6.45) is 6.79. The minimum absolute atomic E-state index is 0.350.